The zero-order valence-electron chi connectivity index (χ0n) is 18.2. The zero-order chi connectivity index (χ0) is 22.8. The van der Waals surface area contributed by atoms with Gasteiger partial charge in [0.1, 0.15) is 18.1 Å². The highest BCUT2D eigenvalue weighted by Gasteiger charge is 2.11. The van der Waals surface area contributed by atoms with Gasteiger partial charge in [-0.15, -0.1) is 24.0 Å². The second-order valence-electron chi connectivity index (χ2n) is 7.00. The summed E-state index contributed by atoms with van der Waals surface area (Å²) >= 11 is 0. The van der Waals surface area contributed by atoms with Crippen molar-refractivity contribution >= 4 is 29.9 Å². The lowest BCUT2D eigenvalue weighted by molar-refractivity contribution is -0.0498. The van der Waals surface area contributed by atoms with Crippen LogP contribution in [0.2, 0.25) is 0 Å². The number of benzene rings is 2. The first-order valence-electron chi connectivity index (χ1n) is 10.3. The molecule has 1 atom stereocenters. The minimum atomic E-state index is -2.88. The first-order valence-corrected chi connectivity index (χ1v) is 10.3. The summed E-state index contributed by atoms with van der Waals surface area (Å²) in [6.45, 7) is 0.991. The van der Waals surface area contributed by atoms with Crippen molar-refractivity contribution in [1.82, 2.24) is 20.2 Å². The molecule has 0 aliphatic heterocycles. The highest BCUT2D eigenvalue weighted by Crippen LogP contribution is 2.19. The summed E-state index contributed by atoms with van der Waals surface area (Å²) in [6, 6.07) is 16.0. The topological polar surface area (TPSA) is 83.7 Å². The number of ether oxygens (including phenoxy) is 1. The Morgan fingerprint density at radius 2 is 1.85 bits per heavy atom. The average molecular weight is 571 g/mol. The van der Waals surface area contributed by atoms with Crippen molar-refractivity contribution in [2.75, 3.05) is 13.1 Å². The number of aliphatic hydroxyl groups is 1. The molecular weight excluding hydrogens is 543 g/mol. The van der Waals surface area contributed by atoms with Gasteiger partial charge in [-0.1, -0.05) is 42.5 Å². The largest absolute Gasteiger partial charge is 0.435 e. The first kappa shape index (κ1) is 26.5. The average Bonchev–Trinajstić information content (AvgIpc) is 3.23. The summed E-state index contributed by atoms with van der Waals surface area (Å²) < 4.78 is 30.9. The number of alkyl halides is 2. The van der Waals surface area contributed by atoms with Crippen LogP contribution in [0, 0.1) is 0 Å². The van der Waals surface area contributed by atoms with Gasteiger partial charge < -0.3 is 25.0 Å². The maximum Gasteiger partial charge on any atom is 0.387 e. The number of hydrogen-bond donors (Lipinski definition) is 3. The SMILES string of the molecule is CCNC(=NCc1nccn1Cc1ccccc1)NCC(O)c1ccc(OC(F)F)cc1.I. The highest BCUT2D eigenvalue weighted by molar-refractivity contribution is 14.0. The van der Waals surface area contributed by atoms with Crippen LogP contribution in [0.5, 0.6) is 5.75 Å². The zero-order valence-corrected chi connectivity index (χ0v) is 20.5. The van der Waals surface area contributed by atoms with Gasteiger partial charge in [-0.25, -0.2) is 9.98 Å². The molecule has 33 heavy (non-hydrogen) atoms. The minimum Gasteiger partial charge on any atom is -0.435 e. The monoisotopic (exact) mass is 571 g/mol. The van der Waals surface area contributed by atoms with Crippen LogP contribution in [0.3, 0.4) is 0 Å². The van der Waals surface area contributed by atoms with E-state index in [1.807, 2.05) is 35.9 Å². The third kappa shape index (κ3) is 8.61. The van der Waals surface area contributed by atoms with Gasteiger partial charge in [-0.05, 0) is 30.2 Å². The Balaban J connectivity index is 0.00000385. The molecule has 7 nitrogen and oxygen atoms in total. The number of nitrogens with one attached hydrogen (secondary N) is 2. The van der Waals surface area contributed by atoms with E-state index in [2.05, 4.69) is 37.5 Å². The quantitative estimate of drug-likeness (QED) is 0.195. The second-order valence-corrected chi connectivity index (χ2v) is 7.00. The van der Waals surface area contributed by atoms with Gasteiger partial charge in [0.05, 0.1) is 6.10 Å². The van der Waals surface area contributed by atoms with Crippen LogP contribution < -0.4 is 15.4 Å². The summed E-state index contributed by atoms with van der Waals surface area (Å²) in [7, 11) is 0. The standard InChI is InChI=1S/C23H27F2N5O2.HI/c1-2-26-23(28-14-20(31)18-8-10-19(11-9-18)32-22(24)25)29-15-21-27-12-13-30(21)16-17-6-4-3-5-7-17;/h3-13,20,22,31H,2,14-16H2,1H3,(H2,26,28,29);1H. The van der Waals surface area contributed by atoms with Crippen LogP contribution in [-0.2, 0) is 13.1 Å². The molecule has 2 aromatic carbocycles. The predicted molar refractivity (Wildman–Crippen MR) is 134 cm³/mol. The van der Waals surface area contributed by atoms with Crippen LogP contribution in [0.15, 0.2) is 72.0 Å². The molecule has 0 bridgehead atoms. The minimum absolute atomic E-state index is 0. The van der Waals surface area contributed by atoms with E-state index in [-0.39, 0.29) is 36.3 Å². The van der Waals surface area contributed by atoms with Crippen LogP contribution >= 0.6 is 24.0 Å². The van der Waals surface area contributed by atoms with Crippen molar-refractivity contribution in [3.63, 3.8) is 0 Å². The Morgan fingerprint density at radius 1 is 1.12 bits per heavy atom. The van der Waals surface area contributed by atoms with Crippen molar-refractivity contribution in [3.8, 4) is 5.75 Å². The summed E-state index contributed by atoms with van der Waals surface area (Å²) in [5.41, 5.74) is 1.75. The molecule has 3 aromatic rings. The van der Waals surface area contributed by atoms with E-state index in [9.17, 15) is 13.9 Å². The lowest BCUT2D eigenvalue weighted by atomic mass is 10.1. The normalized spacial score (nSPS) is 12.2. The molecule has 0 aliphatic rings. The molecule has 1 heterocycles. The molecule has 0 aliphatic carbocycles. The fourth-order valence-corrected chi connectivity index (χ4v) is 3.09. The van der Waals surface area contributed by atoms with Crippen molar-refractivity contribution in [3.05, 3.63) is 83.9 Å². The fraction of sp³-hybridized carbons (Fsp3) is 0.304. The second kappa shape index (κ2) is 13.7. The van der Waals surface area contributed by atoms with Gasteiger partial charge in [0.15, 0.2) is 5.96 Å². The number of aliphatic hydroxyl groups excluding tert-OH is 1. The third-order valence-electron chi connectivity index (χ3n) is 4.67. The number of guanidine groups is 1. The molecule has 178 valence electrons. The number of nitrogens with zero attached hydrogens (tertiary/aromatic N) is 3. The van der Waals surface area contributed by atoms with Crippen LogP contribution in [-0.4, -0.2) is 40.3 Å². The number of aromatic nitrogens is 2. The summed E-state index contributed by atoms with van der Waals surface area (Å²) in [5, 5.41) is 16.7. The summed E-state index contributed by atoms with van der Waals surface area (Å²) in [4.78, 5) is 8.97. The van der Waals surface area contributed by atoms with E-state index in [4.69, 9.17) is 0 Å². The molecule has 10 heteroatoms. The van der Waals surface area contributed by atoms with Crippen LogP contribution in [0.1, 0.15) is 30.0 Å². The van der Waals surface area contributed by atoms with Gasteiger partial charge in [-0.2, -0.15) is 8.78 Å². The van der Waals surface area contributed by atoms with E-state index in [0.29, 0.717) is 31.2 Å². The van der Waals surface area contributed by atoms with Crippen LogP contribution in [0.4, 0.5) is 8.78 Å². The molecule has 0 amide bonds. The number of aliphatic imine (C=N–C) groups is 1. The molecule has 1 aromatic heterocycles. The van der Waals surface area contributed by atoms with Gasteiger partial charge in [0.2, 0.25) is 0 Å². The number of halogens is 3. The molecule has 0 fully saturated rings. The first-order chi connectivity index (χ1) is 15.5. The van der Waals surface area contributed by atoms with Gasteiger partial charge in [0, 0.05) is 32.0 Å². The van der Waals surface area contributed by atoms with E-state index >= 15 is 0 Å². The highest BCUT2D eigenvalue weighted by atomic mass is 127. The maximum absolute atomic E-state index is 12.3. The molecule has 0 radical (unpaired) electrons. The Labute approximate surface area is 208 Å². The molecule has 3 rings (SSSR count). The van der Waals surface area contributed by atoms with Crippen molar-refractivity contribution in [2.45, 2.75) is 32.7 Å². The lowest BCUT2D eigenvalue weighted by Crippen LogP contribution is -2.39. The maximum atomic E-state index is 12.3. The summed E-state index contributed by atoms with van der Waals surface area (Å²) in [6.07, 6.45) is 2.82. The Kier molecular flexibility index (Phi) is 11.0. The van der Waals surface area contributed by atoms with Crippen molar-refractivity contribution < 1.29 is 18.6 Å². The molecular formula is C23H28F2IN5O2. The van der Waals surface area contributed by atoms with Crippen LogP contribution in [0.25, 0.3) is 0 Å². The van der Waals surface area contributed by atoms with Crippen molar-refractivity contribution in [1.29, 1.82) is 0 Å². The molecule has 1 unspecified atom stereocenters. The van der Waals surface area contributed by atoms with Gasteiger partial charge in [-0.3, -0.25) is 0 Å². The summed E-state index contributed by atoms with van der Waals surface area (Å²) in [5.74, 6) is 1.41. The Bertz CT molecular complexity index is 984. The fourth-order valence-electron chi connectivity index (χ4n) is 3.09. The number of hydrogen-bond acceptors (Lipinski definition) is 4. The number of imidazole rings is 1. The van der Waals surface area contributed by atoms with Gasteiger partial charge >= 0.3 is 6.61 Å². The van der Waals surface area contributed by atoms with E-state index in [1.54, 1.807) is 18.3 Å². The Hall–Kier alpha value is -2.73. The van der Waals surface area contributed by atoms with E-state index < -0.39 is 12.7 Å². The molecule has 0 spiro atoms. The van der Waals surface area contributed by atoms with Crippen molar-refractivity contribution in [2.24, 2.45) is 4.99 Å². The smallest absolute Gasteiger partial charge is 0.387 e. The Morgan fingerprint density at radius 3 is 2.52 bits per heavy atom. The number of rotatable bonds is 10. The predicted octanol–water partition coefficient (Wildman–Crippen LogP) is 3.94. The molecule has 0 saturated heterocycles. The van der Waals surface area contributed by atoms with E-state index in [0.717, 1.165) is 5.82 Å². The molecule has 3 N–H and O–H groups in total. The van der Waals surface area contributed by atoms with E-state index in [1.165, 1.54) is 17.7 Å². The third-order valence-corrected chi connectivity index (χ3v) is 4.67. The molecule has 0 saturated carbocycles. The lowest BCUT2D eigenvalue weighted by Gasteiger charge is -2.16. The van der Waals surface area contributed by atoms with Gasteiger partial charge in [0.25, 0.3) is 0 Å².